The van der Waals surface area contributed by atoms with Gasteiger partial charge in [0.1, 0.15) is 17.6 Å². The minimum atomic E-state index is -0.619. The molecule has 0 saturated heterocycles. The fourth-order valence-electron chi connectivity index (χ4n) is 2.50. The molecule has 0 radical (unpaired) electrons. The minimum Gasteiger partial charge on any atom is -0.384 e. The Morgan fingerprint density at radius 3 is 2.71 bits per heavy atom. The SMILES string of the molecule is CSC1CCC(NC(=O)c2cc(N)ncc2[N+](=O)[O-])CC1. The number of aromatic nitrogens is 1. The standard InChI is InChI=1S/C13H18N4O3S/c1-21-9-4-2-8(3-5-9)16-13(18)10-6-12(14)15-7-11(10)17(19)20/h6-9H,2-5H2,1H3,(H2,14,15)(H,16,18). The van der Waals surface area contributed by atoms with Crippen molar-refractivity contribution in [2.24, 2.45) is 0 Å². The van der Waals surface area contributed by atoms with Crippen LogP contribution in [0.4, 0.5) is 11.5 Å². The molecule has 0 spiro atoms. The van der Waals surface area contributed by atoms with Gasteiger partial charge in [0.05, 0.1) is 4.92 Å². The van der Waals surface area contributed by atoms with E-state index >= 15 is 0 Å². The summed E-state index contributed by atoms with van der Waals surface area (Å²) in [5.41, 5.74) is 5.17. The van der Waals surface area contributed by atoms with E-state index < -0.39 is 10.8 Å². The molecule has 1 aromatic heterocycles. The lowest BCUT2D eigenvalue weighted by Gasteiger charge is -2.28. The maximum Gasteiger partial charge on any atom is 0.300 e. The summed E-state index contributed by atoms with van der Waals surface area (Å²) in [7, 11) is 0. The van der Waals surface area contributed by atoms with Crippen LogP contribution in [0, 0.1) is 10.1 Å². The predicted molar refractivity (Wildman–Crippen MR) is 82.3 cm³/mol. The Balaban J connectivity index is 2.07. The molecule has 0 aromatic carbocycles. The topological polar surface area (TPSA) is 111 Å². The van der Waals surface area contributed by atoms with Gasteiger partial charge in [0.2, 0.25) is 0 Å². The van der Waals surface area contributed by atoms with Crippen LogP contribution in [0.2, 0.25) is 0 Å². The molecule has 114 valence electrons. The van der Waals surface area contributed by atoms with Crippen LogP contribution < -0.4 is 11.1 Å². The summed E-state index contributed by atoms with van der Waals surface area (Å²) >= 11 is 1.84. The highest BCUT2D eigenvalue weighted by Gasteiger charge is 2.26. The molecular formula is C13H18N4O3S. The van der Waals surface area contributed by atoms with E-state index in [1.807, 2.05) is 11.8 Å². The van der Waals surface area contributed by atoms with E-state index in [1.165, 1.54) is 6.07 Å². The first-order valence-electron chi connectivity index (χ1n) is 6.75. The van der Waals surface area contributed by atoms with Crippen LogP contribution >= 0.6 is 11.8 Å². The van der Waals surface area contributed by atoms with Crippen molar-refractivity contribution >= 4 is 29.2 Å². The molecule has 0 bridgehead atoms. The van der Waals surface area contributed by atoms with Crippen molar-refractivity contribution in [3.8, 4) is 0 Å². The van der Waals surface area contributed by atoms with Crippen molar-refractivity contribution in [1.29, 1.82) is 0 Å². The Morgan fingerprint density at radius 2 is 2.14 bits per heavy atom. The number of pyridine rings is 1. The maximum atomic E-state index is 12.2. The highest BCUT2D eigenvalue weighted by atomic mass is 32.2. The number of nitrogens with two attached hydrogens (primary N) is 1. The minimum absolute atomic E-state index is 0.0283. The fourth-order valence-corrected chi connectivity index (χ4v) is 3.24. The monoisotopic (exact) mass is 310 g/mol. The van der Waals surface area contributed by atoms with Crippen LogP contribution in [0.15, 0.2) is 12.3 Å². The molecule has 0 unspecified atom stereocenters. The van der Waals surface area contributed by atoms with Gasteiger partial charge < -0.3 is 11.1 Å². The van der Waals surface area contributed by atoms with E-state index in [4.69, 9.17) is 5.73 Å². The molecule has 1 fully saturated rings. The molecule has 1 saturated carbocycles. The third kappa shape index (κ3) is 3.84. The summed E-state index contributed by atoms with van der Waals surface area (Å²) in [6.07, 6.45) is 7.00. The van der Waals surface area contributed by atoms with Gasteiger partial charge in [-0.25, -0.2) is 4.98 Å². The summed E-state index contributed by atoms with van der Waals surface area (Å²) in [4.78, 5) is 26.2. The number of carbonyl (C=O) groups is 1. The van der Waals surface area contributed by atoms with Crippen molar-refractivity contribution in [1.82, 2.24) is 10.3 Å². The number of nitrogens with one attached hydrogen (secondary N) is 1. The number of hydrogen-bond donors (Lipinski definition) is 2. The zero-order valence-electron chi connectivity index (χ0n) is 11.7. The number of nitro groups is 1. The molecule has 7 nitrogen and oxygen atoms in total. The molecule has 2 rings (SSSR count). The van der Waals surface area contributed by atoms with Gasteiger partial charge in [-0.2, -0.15) is 11.8 Å². The Morgan fingerprint density at radius 1 is 1.48 bits per heavy atom. The second kappa shape index (κ2) is 6.75. The molecule has 1 aliphatic rings. The van der Waals surface area contributed by atoms with Gasteiger partial charge >= 0.3 is 0 Å². The molecule has 0 aliphatic heterocycles. The van der Waals surface area contributed by atoms with E-state index in [0.29, 0.717) is 5.25 Å². The second-order valence-electron chi connectivity index (χ2n) is 5.07. The van der Waals surface area contributed by atoms with Crippen LogP contribution in [0.1, 0.15) is 36.0 Å². The van der Waals surface area contributed by atoms with Crippen LogP contribution in [-0.2, 0) is 0 Å². The van der Waals surface area contributed by atoms with Crippen LogP contribution in [0.5, 0.6) is 0 Å². The second-order valence-corrected chi connectivity index (χ2v) is 6.20. The van der Waals surface area contributed by atoms with Gasteiger partial charge in [-0.15, -0.1) is 0 Å². The first kappa shape index (κ1) is 15.6. The number of anilines is 1. The van der Waals surface area contributed by atoms with Gasteiger partial charge in [-0.1, -0.05) is 0 Å². The number of amides is 1. The number of hydrogen-bond acceptors (Lipinski definition) is 6. The van der Waals surface area contributed by atoms with Crippen LogP contribution in [-0.4, -0.2) is 33.4 Å². The fraction of sp³-hybridized carbons (Fsp3) is 0.538. The summed E-state index contributed by atoms with van der Waals surface area (Å²) in [6, 6.07) is 1.32. The van der Waals surface area contributed by atoms with E-state index in [0.717, 1.165) is 31.9 Å². The lowest BCUT2D eigenvalue weighted by molar-refractivity contribution is -0.385. The normalized spacial score (nSPS) is 21.8. The zero-order chi connectivity index (χ0) is 15.4. The smallest absolute Gasteiger partial charge is 0.300 e. The number of carbonyl (C=O) groups excluding carboxylic acids is 1. The van der Waals surface area contributed by atoms with Crippen molar-refractivity contribution < 1.29 is 9.72 Å². The average Bonchev–Trinajstić information content (AvgIpc) is 2.47. The summed E-state index contributed by atoms with van der Waals surface area (Å²) in [6.45, 7) is 0. The summed E-state index contributed by atoms with van der Waals surface area (Å²) in [5, 5.41) is 14.5. The maximum absolute atomic E-state index is 12.2. The molecule has 0 atom stereocenters. The lowest BCUT2D eigenvalue weighted by Crippen LogP contribution is -2.38. The number of nitrogens with zero attached hydrogens (tertiary/aromatic N) is 2. The van der Waals surface area contributed by atoms with E-state index in [2.05, 4.69) is 16.6 Å². The molecule has 1 amide bonds. The zero-order valence-corrected chi connectivity index (χ0v) is 12.6. The van der Waals surface area contributed by atoms with Crippen molar-refractivity contribution in [3.63, 3.8) is 0 Å². The van der Waals surface area contributed by atoms with Gasteiger partial charge in [-0.05, 0) is 38.0 Å². The Hall–Kier alpha value is -1.83. The van der Waals surface area contributed by atoms with Crippen molar-refractivity contribution in [2.75, 3.05) is 12.0 Å². The molecule has 1 heterocycles. The Kier molecular flexibility index (Phi) is 5.00. The van der Waals surface area contributed by atoms with Gasteiger partial charge in [0, 0.05) is 11.3 Å². The molecule has 8 heteroatoms. The summed E-state index contributed by atoms with van der Waals surface area (Å²) in [5.74, 6) is -0.361. The number of thioether (sulfide) groups is 1. The quantitative estimate of drug-likeness (QED) is 0.649. The van der Waals surface area contributed by atoms with Gasteiger partial charge in [-0.3, -0.25) is 14.9 Å². The van der Waals surface area contributed by atoms with E-state index in [-0.39, 0.29) is 23.1 Å². The number of nitrogen functional groups attached to an aromatic ring is 1. The molecule has 1 aliphatic carbocycles. The lowest BCUT2D eigenvalue weighted by atomic mass is 9.94. The van der Waals surface area contributed by atoms with Crippen molar-refractivity contribution in [3.05, 3.63) is 27.9 Å². The van der Waals surface area contributed by atoms with Crippen LogP contribution in [0.3, 0.4) is 0 Å². The molecular weight excluding hydrogens is 292 g/mol. The summed E-state index contributed by atoms with van der Waals surface area (Å²) < 4.78 is 0. The molecule has 3 N–H and O–H groups in total. The predicted octanol–water partition coefficient (Wildman–Crippen LogP) is 1.98. The highest BCUT2D eigenvalue weighted by Crippen LogP contribution is 2.27. The van der Waals surface area contributed by atoms with E-state index in [9.17, 15) is 14.9 Å². The third-order valence-corrected chi connectivity index (χ3v) is 4.83. The largest absolute Gasteiger partial charge is 0.384 e. The van der Waals surface area contributed by atoms with Gasteiger partial charge in [0.25, 0.3) is 11.6 Å². The first-order valence-corrected chi connectivity index (χ1v) is 8.03. The molecule has 1 aromatic rings. The van der Waals surface area contributed by atoms with Crippen molar-refractivity contribution in [2.45, 2.75) is 37.0 Å². The Labute approximate surface area is 126 Å². The third-order valence-electron chi connectivity index (χ3n) is 3.69. The number of rotatable bonds is 4. The molecule has 21 heavy (non-hydrogen) atoms. The van der Waals surface area contributed by atoms with E-state index in [1.54, 1.807) is 0 Å². The van der Waals surface area contributed by atoms with Crippen LogP contribution in [0.25, 0.3) is 0 Å². The first-order chi connectivity index (χ1) is 10.0. The highest BCUT2D eigenvalue weighted by molar-refractivity contribution is 7.99. The average molecular weight is 310 g/mol. The Bertz CT molecular complexity index is 544. The van der Waals surface area contributed by atoms with Gasteiger partial charge in [0.15, 0.2) is 0 Å².